The quantitative estimate of drug-likeness (QED) is 0.656. The highest BCUT2D eigenvalue weighted by atomic mass is 16.5. The molecule has 2 nitrogen and oxygen atoms in total. The molecule has 0 aliphatic carbocycles. The minimum Gasteiger partial charge on any atom is -0.370 e. The van der Waals surface area contributed by atoms with E-state index in [4.69, 9.17) is 4.74 Å². The van der Waals surface area contributed by atoms with Crippen molar-refractivity contribution in [3.63, 3.8) is 0 Å². The fraction of sp³-hybridized carbons (Fsp3) is 1.00. The van der Waals surface area contributed by atoms with Crippen LogP contribution in [0, 0.1) is 0 Å². The van der Waals surface area contributed by atoms with Crippen LogP contribution in [0.4, 0.5) is 0 Å². The van der Waals surface area contributed by atoms with Crippen molar-refractivity contribution >= 4 is 0 Å². The van der Waals surface area contributed by atoms with Gasteiger partial charge in [-0.15, -0.1) is 0 Å². The van der Waals surface area contributed by atoms with E-state index in [9.17, 15) is 0 Å². The third kappa shape index (κ3) is 2.46. The van der Waals surface area contributed by atoms with Gasteiger partial charge in [0.1, 0.15) is 0 Å². The Bertz CT molecular complexity index is 123. The summed E-state index contributed by atoms with van der Waals surface area (Å²) in [5.41, 5.74) is 0.0897. The second-order valence-corrected chi connectivity index (χ2v) is 3.76. The average molecular weight is 157 g/mol. The van der Waals surface area contributed by atoms with Crippen LogP contribution in [0.3, 0.4) is 0 Å². The molecular weight excluding hydrogens is 138 g/mol. The van der Waals surface area contributed by atoms with E-state index < -0.39 is 0 Å². The Morgan fingerprint density at radius 1 is 1.64 bits per heavy atom. The van der Waals surface area contributed by atoms with E-state index in [1.54, 1.807) is 0 Å². The summed E-state index contributed by atoms with van der Waals surface area (Å²) >= 11 is 0. The lowest BCUT2D eigenvalue weighted by atomic mass is 9.98. The minimum atomic E-state index is 0.0897. The monoisotopic (exact) mass is 157 g/mol. The number of ether oxygens (including phenoxy) is 1. The zero-order chi connectivity index (χ0) is 8.32. The van der Waals surface area contributed by atoms with E-state index in [0.29, 0.717) is 6.10 Å². The van der Waals surface area contributed by atoms with Crippen molar-refractivity contribution in [1.29, 1.82) is 0 Å². The van der Waals surface area contributed by atoms with E-state index in [1.165, 1.54) is 6.42 Å². The second kappa shape index (κ2) is 3.55. The van der Waals surface area contributed by atoms with Crippen molar-refractivity contribution in [1.82, 2.24) is 5.32 Å². The minimum absolute atomic E-state index is 0.0897. The van der Waals surface area contributed by atoms with E-state index in [1.807, 2.05) is 0 Å². The molecule has 1 aliphatic rings. The standard InChI is InChI=1S/C9H19NO/c1-4-5-9(3)7-10-6-8(2)11-9/h8,10H,4-7H2,1-3H3. The summed E-state index contributed by atoms with van der Waals surface area (Å²) in [4.78, 5) is 0. The van der Waals surface area contributed by atoms with Gasteiger partial charge in [-0.05, 0) is 20.3 Å². The molecule has 0 spiro atoms. The molecule has 11 heavy (non-hydrogen) atoms. The van der Waals surface area contributed by atoms with Gasteiger partial charge in [-0.1, -0.05) is 13.3 Å². The van der Waals surface area contributed by atoms with Crippen LogP contribution in [0.1, 0.15) is 33.6 Å². The lowest BCUT2D eigenvalue weighted by molar-refractivity contribution is -0.102. The van der Waals surface area contributed by atoms with Crippen molar-refractivity contribution in [2.75, 3.05) is 13.1 Å². The van der Waals surface area contributed by atoms with Crippen molar-refractivity contribution in [2.24, 2.45) is 0 Å². The lowest BCUT2D eigenvalue weighted by Gasteiger charge is -2.38. The van der Waals surface area contributed by atoms with Crippen molar-refractivity contribution in [3.8, 4) is 0 Å². The maximum Gasteiger partial charge on any atom is 0.0782 e. The van der Waals surface area contributed by atoms with Crippen molar-refractivity contribution in [2.45, 2.75) is 45.3 Å². The molecule has 1 fully saturated rings. The van der Waals surface area contributed by atoms with Gasteiger partial charge in [0.15, 0.2) is 0 Å². The fourth-order valence-electron chi connectivity index (χ4n) is 1.79. The largest absolute Gasteiger partial charge is 0.370 e. The van der Waals surface area contributed by atoms with Crippen LogP contribution in [0.5, 0.6) is 0 Å². The fourth-order valence-corrected chi connectivity index (χ4v) is 1.79. The Hall–Kier alpha value is -0.0800. The molecule has 1 saturated heterocycles. The van der Waals surface area contributed by atoms with Crippen LogP contribution < -0.4 is 5.32 Å². The molecule has 2 unspecified atom stereocenters. The van der Waals surface area contributed by atoms with Gasteiger partial charge in [-0.3, -0.25) is 0 Å². The first-order chi connectivity index (χ1) is 5.16. The van der Waals surface area contributed by atoms with Gasteiger partial charge in [0.25, 0.3) is 0 Å². The molecule has 2 heteroatoms. The summed E-state index contributed by atoms with van der Waals surface area (Å²) in [6, 6.07) is 0. The van der Waals surface area contributed by atoms with Gasteiger partial charge in [0.2, 0.25) is 0 Å². The molecule has 0 bridgehead atoms. The molecule has 0 radical (unpaired) electrons. The Kier molecular flexibility index (Phi) is 2.90. The molecule has 1 heterocycles. The van der Waals surface area contributed by atoms with E-state index >= 15 is 0 Å². The highest BCUT2D eigenvalue weighted by Gasteiger charge is 2.29. The van der Waals surface area contributed by atoms with Gasteiger partial charge >= 0.3 is 0 Å². The summed E-state index contributed by atoms with van der Waals surface area (Å²) in [5, 5.41) is 3.38. The Morgan fingerprint density at radius 2 is 2.36 bits per heavy atom. The van der Waals surface area contributed by atoms with Gasteiger partial charge in [0, 0.05) is 13.1 Å². The maximum atomic E-state index is 5.85. The Balaban J connectivity index is 2.41. The van der Waals surface area contributed by atoms with Crippen LogP contribution in [0.15, 0.2) is 0 Å². The molecule has 66 valence electrons. The molecule has 0 saturated carbocycles. The third-order valence-electron chi connectivity index (χ3n) is 2.20. The first kappa shape index (κ1) is 9.01. The molecule has 1 N–H and O–H groups in total. The average Bonchev–Trinajstić information content (AvgIpc) is 1.86. The van der Waals surface area contributed by atoms with Gasteiger partial charge in [-0.25, -0.2) is 0 Å². The zero-order valence-electron chi connectivity index (χ0n) is 7.81. The molecule has 0 aromatic heterocycles. The first-order valence-electron chi connectivity index (χ1n) is 4.55. The van der Waals surface area contributed by atoms with Crippen LogP contribution in [0.25, 0.3) is 0 Å². The summed E-state index contributed by atoms with van der Waals surface area (Å²) in [5.74, 6) is 0. The summed E-state index contributed by atoms with van der Waals surface area (Å²) in [6.45, 7) is 8.53. The maximum absolute atomic E-state index is 5.85. The highest BCUT2D eigenvalue weighted by molar-refractivity contribution is 4.83. The summed E-state index contributed by atoms with van der Waals surface area (Å²) in [7, 11) is 0. The predicted octanol–water partition coefficient (Wildman–Crippen LogP) is 1.55. The van der Waals surface area contributed by atoms with Crippen LogP contribution in [-0.2, 0) is 4.74 Å². The van der Waals surface area contributed by atoms with Crippen LogP contribution in [-0.4, -0.2) is 24.8 Å². The lowest BCUT2D eigenvalue weighted by Crippen LogP contribution is -2.51. The van der Waals surface area contributed by atoms with Crippen LogP contribution >= 0.6 is 0 Å². The third-order valence-corrected chi connectivity index (χ3v) is 2.20. The molecule has 1 aliphatic heterocycles. The molecule has 0 amide bonds. The van der Waals surface area contributed by atoms with E-state index in [2.05, 4.69) is 26.1 Å². The van der Waals surface area contributed by atoms with Gasteiger partial charge in [0.05, 0.1) is 11.7 Å². The summed E-state index contributed by atoms with van der Waals surface area (Å²) in [6.07, 6.45) is 2.73. The first-order valence-corrected chi connectivity index (χ1v) is 4.55. The smallest absolute Gasteiger partial charge is 0.0782 e. The highest BCUT2D eigenvalue weighted by Crippen LogP contribution is 2.21. The van der Waals surface area contributed by atoms with E-state index in [-0.39, 0.29) is 5.60 Å². The molecule has 2 atom stereocenters. The van der Waals surface area contributed by atoms with Crippen molar-refractivity contribution < 1.29 is 4.74 Å². The molecule has 0 aromatic carbocycles. The molecular formula is C9H19NO. The number of nitrogens with one attached hydrogen (secondary N) is 1. The predicted molar refractivity (Wildman–Crippen MR) is 46.7 cm³/mol. The zero-order valence-corrected chi connectivity index (χ0v) is 7.81. The van der Waals surface area contributed by atoms with E-state index in [0.717, 1.165) is 19.5 Å². The number of hydrogen-bond donors (Lipinski definition) is 1. The topological polar surface area (TPSA) is 21.3 Å². The Labute approximate surface area is 69.3 Å². The van der Waals surface area contributed by atoms with Gasteiger partial charge in [-0.2, -0.15) is 0 Å². The second-order valence-electron chi connectivity index (χ2n) is 3.76. The molecule has 1 rings (SSSR count). The summed E-state index contributed by atoms with van der Waals surface area (Å²) < 4.78 is 5.85. The SMILES string of the molecule is CCCC1(C)CNCC(C)O1. The molecule has 0 aromatic rings. The Morgan fingerprint density at radius 3 is 2.91 bits per heavy atom. The number of hydrogen-bond acceptors (Lipinski definition) is 2. The van der Waals surface area contributed by atoms with Crippen LogP contribution in [0.2, 0.25) is 0 Å². The number of rotatable bonds is 2. The number of morpholine rings is 1. The normalized spacial score (nSPS) is 39.0. The van der Waals surface area contributed by atoms with Crippen molar-refractivity contribution in [3.05, 3.63) is 0 Å². The van der Waals surface area contributed by atoms with Gasteiger partial charge < -0.3 is 10.1 Å².